The number of pyridine rings is 1. The average molecular weight is 557 g/mol. The van der Waals surface area contributed by atoms with Crippen molar-refractivity contribution in [2.24, 2.45) is 0 Å². The number of ketones is 1. The number of aromatic nitrogens is 1. The van der Waals surface area contributed by atoms with Crippen molar-refractivity contribution in [3.63, 3.8) is 0 Å². The minimum atomic E-state index is -4.97. The van der Waals surface area contributed by atoms with Gasteiger partial charge in [-0.05, 0) is 48.9 Å². The molecule has 2 heterocycles. The van der Waals surface area contributed by atoms with Crippen molar-refractivity contribution in [2.75, 3.05) is 50.6 Å². The molecule has 4 rings (SSSR count). The Morgan fingerprint density at radius 3 is 2.38 bits per heavy atom. The van der Waals surface area contributed by atoms with E-state index >= 15 is 0 Å². The summed E-state index contributed by atoms with van der Waals surface area (Å²) in [5.41, 5.74) is 3.27. The van der Waals surface area contributed by atoms with Gasteiger partial charge in [0.1, 0.15) is 0 Å². The van der Waals surface area contributed by atoms with Crippen LogP contribution in [0.5, 0.6) is 5.75 Å². The summed E-state index contributed by atoms with van der Waals surface area (Å²) in [6.07, 6.45) is -3.40. The summed E-state index contributed by atoms with van der Waals surface area (Å²) in [6, 6.07) is 14.4. The van der Waals surface area contributed by atoms with E-state index in [0.717, 1.165) is 23.0 Å². The average Bonchev–Trinajstić information content (AvgIpc) is 2.93. The molecule has 1 unspecified atom stereocenters. The summed E-state index contributed by atoms with van der Waals surface area (Å²) in [7, 11) is 3.91. The van der Waals surface area contributed by atoms with E-state index in [1.165, 1.54) is 12.1 Å². The molecular weight excluding hydrogens is 525 g/mol. The number of benzene rings is 2. The lowest BCUT2D eigenvalue weighted by Crippen LogP contribution is -2.47. The molecule has 212 valence electrons. The number of ether oxygens (including phenoxy) is 2. The maximum Gasteiger partial charge on any atom is 0.573 e. The number of carbonyl (C=O) groups excluding carboxylic acids is 2. The fourth-order valence-electron chi connectivity index (χ4n) is 4.30. The number of Topliss-reactive ketones (excluding diaryl/α,β-unsaturated/α-hetero) is 1. The first-order chi connectivity index (χ1) is 19.0. The van der Waals surface area contributed by atoms with Crippen LogP contribution in [-0.4, -0.2) is 74.4 Å². The second kappa shape index (κ2) is 12.5. The highest BCUT2D eigenvalue weighted by atomic mass is 19.4. The lowest BCUT2D eigenvalue weighted by atomic mass is 10.0. The van der Waals surface area contributed by atoms with Crippen LogP contribution in [0.3, 0.4) is 0 Å². The second-order valence-corrected chi connectivity index (χ2v) is 9.67. The molecule has 1 atom stereocenters. The Hall–Kier alpha value is -3.96. The molecule has 1 aliphatic rings. The molecule has 1 aromatic heterocycles. The van der Waals surface area contributed by atoms with Crippen molar-refractivity contribution in [1.29, 1.82) is 0 Å². The van der Waals surface area contributed by atoms with Crippen LogP contribution in [0.25, 0.3) is 11.3 Å². The molecule has 0 spiro atoms. The molecule has 8 nitrogen and oxygen atoms in total. The number of morpholine rings is 1. The van der Waals surface area contributed by atoms with Gasteiger partial charge in [-0.15, -0.1) is 13.2 Å². The summed E-state index contributed by atoms with van der Waals surface area (Å²) < 4.78 is 48.5. The molecular formula is C29H31F3N4O4. The van der Waals surface area contributed by atoms with E-state index in [2.05, 4.69) is 15.0 Å². The van der Waals surface area contributed by atoms with Crippen LogP contribution in [0.4, 0.5) is 24.5 Å². The lowest BCUT2D eigenvalue weighted by molar-refractivity contribution is -0.274. The highest BCUT2D eigenvalue weighted by Crippen LogP contribution is 2.32. The molecule has 0 radical (unpaired) electrons. The van der Waals surface area contributed by atoms with Gasteiger partial charge in [-0.1, -0.05) is 18.2 Å². The van der Waals surface area contributed by atoms with Crippen LogP contribution in [-0.2, 0) is 16.0 Å². The number of nitrogens with zero attached hydrogens (tertiary/aromatic N) is 3. The molecule has 1 aliphatic heterocycles. The monoisotopic (exact) mass is 556 g/mol. The van der Waals surface area contributed by atoms with E-state index in [1.807, 2.05) is 54.2 Å². The number of amides is 1. The summed E-state index contributed by atoms with van der Waals surface area (Å²) in [4.78, 5) is 34.3. The topological polar surface area (TPSA) is 84.0 Å². The zero-order valence-corrected chi connectivity index (χ0v) is 22.5. The Balaban J connectivity index is 1.49. The van der Waals surface area contributed by atoms with Crippen molar-refractivity contribution < 1.29 is 32.2 Å². The standard InChI is InChI=1S/C29H31F3N4O4/c1-19(36-12-14-39-15-13-36)28(38)34-25-17-22(7-11-27(25)40-29(30,31)32)26(37)16-20-4-10-24(33-18-20)21-5-8-23(9-6-21)35(2)3/h4-11,17-19H,12-16H2,1-3H3,(H,34,38). The van der Waals surface area contributed by atoms with Crippen molar-refractivity contribution in [2.45, 2.75) is 25.7 Å². The Kier molecular flexibility index (Phi) is 9.06. The zero-order valence-electron chi connectivity index (χ0n) is 22.5. The van der Waals surface area contributed by atoms with Gasteiger partial charge in [0, 0.05) is 56.6 Å². The normalized spacial score (nSPS) is 14.8. The number of nitrogens with one attached hydrogen (secondary N) is 1. The molecule has 1 fully saturated rings. The number of hydrogen-bond donors (Lipinski definition) is 1. The van der Waals surface area contributed by atoms with E-state index in [0.29, 0.717) is 31.9 Å². The molecule has 1 N–H and O–H groups in total. The van der Waals surface area contributed by atoms with Crippen LogP contribution in [0.1, 0.15) is 22.8 Å². The van der Waals surface area contributed by atoms with Crippen molar-refractivity contribution in [1.82, 2.24) is 9.88 Å². The van der Waals surface area contributed by atoms with Gasteiger partial charge < -0.3 is 19.7 Å². The molecule has 2 aromatic carbocycles. The van der Waals surface area contributed by atoms with Crippen molar-refractivity contribution in [3.8, 4) is 17.0 Å². The molecule has 0 aliphatic carbocycles. The van der Waals surface area contributed by atoms with Crippen LogP contribution in [0.2, 0.25) is 0 Å². The van der Waals surface area contributed by atoms with Crippen molar-refractivity contribution >= 4 is 23.1 Å². The summed E-state index contributed by atoms with van der Waals surface area (Å²) in [5, 5.41) is 2.51. The predicted molar refractivity (Wildman–Crippen MR) is 146 cm³/mol. The van der Waals surface area contributed by atoms with E-state index in [-0.39, 0.29) is 23.5 Å². The van der Waals surface area contributed by atoms with Crippen LogP contribution in [0.15, 0.2) is 60.8 Å². The number of anilines is 2. The first-order valence-corrected chi connectivity index (χ1v) is 12.8. The maximum absolute atomic E-state index is 13.1. The van der Waals surface area contributed by atoms with Gasteiger partial charge in [-0.25, -0.2) is 0 Å². The number of alkyl halides is 3. The highest BCUT2D eigenvalue weighted by molar-refractivity contribution is 6.01. The van der Waals surface area contributed by atoms with Gasteiger partial charge in [0.05, 0.1) is 30.6 Å². The van der Waals surface area contributed by atoms with Gasteiger partial charge in [-0.3, -0.25) is 19.5 Å². The van der Waals surface area contributed by atoms with Crippen LogP contribution in [0, 0.1) is 0 Å². The Morgan fingerprint density at radius 2 is 1.77 bits per heavy atom. The summed E-state index contributed by atoms with van der Waals surface area (Å²) in [6.45, 7) is 3.62. The summed E-state index contributed by atoms with van der Waals surface area (Å²) in [5.74, 6) is -1.46. The molecule has 1 saturated heterocycles. The van der Waals surface area contributed by atoms with E-state index in [9.17, 15) is 22.8 Å². The van der Waals surface area contributed by atoms with Gasteiger partial charge in [0.2, 0.25) is 5.91 Å². The number of hydrogen-bond acceptors (Lipinski definition) is 7. The quantitative estimate of drug-likeness (QED) is 0.379. The van der Waals surface area contributed by atoms with Crippen LogP contribution < -0.4 is 15.0 Å². The fourth-order valence-corrected chi connectivity index (χ4v) is 4.30. The minimum Gasteiger partial charge on any atom is -0.404 e. The Labute approximate surface area is 230 Å². The Morgan fingerprint density at radius 1 is 1.07 bits per heavy atom. The Bertz CT molecular complexity index is 1320. The lowest BCUT2D eigenvalue weighted by Gasteiger charge is -2.31. The number of halogens is 3. The smallest absolute Gasteiger partial charge is 0.404 e. The third-order valence-electron chi connectivity index (χ3n) is 6.63. The molecule has 0 bridgehead atoms. The van der Waals surface area contributed by atoms with Crippen LogP contribution >= 0.6 is 0 Å². The van der Waals surface area contributed by atoms with Gasteiger partial charge in [0.25, 0.3) is 0 Å². The number of carbonyl (C=O) groups is 2. The minimum absolute atomic E-state index is 0.0239. The third-order valence-corrected chi connectivity index (χ3v) is 6.63. The molecule has 40 heavy (non-hydrogen) atoms. The van der Waals surface area contributed by atoms with E-state index < -0.39 is 24.1 Å². The number of rotatable bonds is 9. The second-order valence-electron chi connectivity index (χ2n) is 9.67. The largest absolute Gasteiger partial charge is 0.573 e. The van der Waals surface area contributed by atoms with Gasteiger partial charge in [0.15, 0.2) is 11.5 Å². The summed E-state index contributed by atoms with van der Waals surface area (Å²) >= 11 is 0. The molecule has 0 saturated carbocycles. The first kappa shape index (κ1) is 29.0. The first-order valence-electron chi connectivity index (χ1n) is 12.8. The third kappa shape index (κ3) is 7.57. The van der Waals surface area contributed by atoms with E-state index in [1.54, 1.807) is 19.2 Å². The molecule has 11 heteroatoms. The molecule has 1 amide bonds. The van der Waals surface area contributed by atoms with Crippen molar-refractivity contribution in [3.05, 3.63) is 71.9 Å². The fraction of sp³-hybridized carbons (Fsp3) is 0.345. The predicted octanol–water partition coefficient (Wildman–Crippen LogP) is 4.80. The van der Waals surface area contributed by atoms with Gasteiger partial charge in [-0.2, -0.15) is 0 Å². The SMILES string of the molecule is CC(C(=O)Nc1cc(C(=O)Cc2ccc(-c3ccc(N(C)C)cc3)nc2)ccc1OC(F)(F)F)N1CCOCC1. The maximum atomic E-state index is 13.1. The van der Waals surface area contributed by atoms with E-state index in [4.69, 9.17) is 4.74 Å². The highest BCUT2D eigenvalue weighted by Gasteiger charge is 2.33. The zero-order chi connectivity index (χ0) is 28.9. The van der Waals surface area contributed by atoms with Gasteiger partial charge >= 0.3 is 6.36 Å². The molecule has 3 aromatic rings.